The van der Waals surface area contributed by atoms with E-state index in [4.69, 9.17) is 16.3 Å². The fraction of sp³-hybridized carbons (Fsp3) is 0.571. The summed E-state index contributed by atoms with van der Waals surface area (Å²) in [6, 6.07) is 6.70. The number of ether oxygens (including phenoxy) is 1. The Hall–Kier alpha value is -0.600. The van der Waals surface area contributed by atoms with Gasteiger partial charge in [0.2, 0.25) is 0 Å². The summed E-state index contributed by atoms with van der Waals surface area (Å²) in [7, 11) is 0. The second kappa shape index (κ2) is 6.36. The number of alkyl halides is 1. The van der Waals surface area contributed by atoms with Crippen LogP contribution in [0.2, 0.25) is 0 Å². The van der Waals surface area contributed by atoms with Crippen LogP contribution < -0.4 is 0 Å². The average molecular weight is 257 g/mol. The first-order valence-electron chi connectivity index (χ1n) is 6.16. The van der Waals surface area contributed by atoms with Gasteiger partial charge in [-0.1, -0.05) is 12.1 Å². The van der Waals surface area contributed by atoms with Gasteiger partial charge in [-0.3, -0.25) is 0 Å². The van der Waals surface area contributed by atoms with Crippen LogP contribution in [-0.2, 0) is 11.2 Å². The van der Waals surface area contributed by atoms with Gasteiger partial charge in [-0.2, -0.15) is 0 Å². The van der Waals surface area contributed by atoms with Gasteiger partial charge in [-0.05, 0) is 48.8 Å². The van der Waals surface area contributed by atoms with Crippen molar-refractivity contribution in [2.24, 2.45) is 11.8 Å². The first-order valence-corrected chi connectivity index (χ1v) is 6.69. The molecule has 0 amide bonds. The van der Waals surface area contributed by atoms with Crippen LogP contribution in [0.5, 0.6) is 0 Å². The topological polar surface area (TPSA) is 9.23 Å². The van der Waals surface area contributed by atoms with Crippen LogP contribution in [0.3, 0.4) is 0 Å². The molecule has 1 saturated carbocycles. The zero-order valence-corrected chi connectivity index (χ0v) is 10.6. The summed E-state index contributed by atoms with van der Waals surface area (Å²) >= 11 is 5.91. The largest absolute Gasteiger partial charge is 0.381 e. The van der Waals surface area contributed by atoms with E-state index >= 15 is 0 Å². The van der Waals surface area contributed by atoms with E-state index in [-0.39, 0.29) is 11.7 Å². The van der Waals surface area contributed by atoms with Crippen molar-refractivity contribution in [1.29, 1.82) is 0 Å². The lowest BCUT2D eigenvalue weighted by molar-refractivity contribution is 0.0972. The third-order valence-corrected chi connectivity index (χ3v) is 3.47. The van der Waals surface area contributed by atoms with E-state index in [2.05, 4.69) is 0 Å². The Balaban J connectivity index is 1.76. The molecule has 2 rings (SSSR count). The van der Waals surface area contributed by atoms with Crippen molar-refractivity contribution in [2.45, 2.75) is 19.3 Å². The first-order chi connectivity index (χ1) is 8.28. The molecule has 1 unspecified atom stereocenters. The molecule has 0 aromatic heterocycles. The Bertz CT molecular complexity index is 352. The highest BCUT2D eigenvalue weighted by atomic mass is 35.5. The Morgan fingerprint density at radius 1 is 1.41 bits per heavy atom. The van der Waals surface area contributed by atoms with E-state index in [1.807, 2.05) is 6.07 Å². The summed E-state index contributed by atoms with van der Waals surface area (Å²) in [5, 5.41) is 0. The molecular formula is C14H18ClFO. The molecular weight excluding hydrogens is 239 g/mol. The lowest BCUT2D eigenvalue weighted by Gasteiger charge is -2.14. The van der Waals surface area contributed by atoms with Crippen molar-refractivity contribution in [3.05, 3.63) is 35.6 Å². The molecule has 1 atom stereocenters. The fourth-order valence-corrected chi connectivity index (χ4v) is 2.04. The molecule has 17 heavy (non-hydrogen) atoms. The van der Waals surface area contributed by atoms with E-state index in [1.54, 1.807) is 12.1 Å². The van der Waals surface area contributed by atoms with E-state index in [0.717, 1.165) is 24.5 Å². The highest BCUT2D eigenvalue weighted by molar-refractivity contribution is 6.18. The average Bonchev–Trinajstić information content (AvgIpc) is 3.12. The second-order valence-corrected chi connectivity index (χ2v) is 5.14. The normalized spacial score (nSPS) is 17.1. The molecule has 3 heteroatoms. The maximum Gasteiger partial charge on any atom is 0.123 e. The van der Waals surface area contributed by atoms with Gasteiger partial charge in [0.15, 0.2) is 0 Å². The van der Waals surface area contributed by atoms with Crippen LogP contribution in [0.1, 0.15) is 18.4 Å². The molecule has 0 radical (unpaired) electrons. The fourth-order valence-electron chi connectivity index (χ4n) is 1.84. The molecule has 0 saturated heterocycles. The van der Waals surface area contributed by atoms with E-state index in [0.29, 0.717) is 12.5 Å². The summed E-state index contributed by atoms with van der Waals surface area (Å²) in [5.41, 5.74) is 0.991. The minimum absolute atomic E-state index is 0.185. The molecule has 94 valence electrons. The first kappa shape index (κ1) is 12.8. The number of benzene rings is 1. The van der Waals surface area contributed by atoms with Gasteiger partial charge in [0.05, 0.1) is 6.61 Å². The van der Waals surface area contributed by atoms with Gasteiger partial charge in [0, 0.05) is 12.5 Å². The summed E-state index contributed by atoms with van der Waals surface area (Å²) in [6.07, 6.45) is 3.39. The lowest BCUT2D eigenvalue weighted by atomic mass is 10.0. The Kier molecular flexibility index (Phi) is 4.81. The third-order valence-electron chi connectivity index (χ3n) is 3.04. The van der Waals surface area contributed by atoms with Crippen molar-refractivity contribution < 1.29 is 9.13 Å². The summed E-state index contributed by atoms with van der Waals surface area (Å²) in [4.78, 5) is 0. The number of hydrogen-bond donors (Lipinski definition) is 0. The molecule has 1 nitrogen and oxygen atoms in total. The predicted octanol–water partition coefficient (Wildman–Crippen LogP) is 3.65. The van der Waals surface area contributed by atoms with Crippen molar-refractivity contribution in [2.75, 3.05) is 19.1 Å². The summed E-state index contributed by atoms with van der Waals surface area (Å²) < 4.78 is 18.7. The molecule has 1 aromatic carbocycles. The van der Waals surface area contributed by atoms with Gasteiger partial charge in [0.1, 0.15) is 5.82 Å². The van der Waals surface area contributed by atoms with Gasteiger partial charge >= 0.3 is 0 Å². The number of halogens is 2. The quantitative estimate of drug-likeness (QED) is 0.677. The second-order valence-electron chi connectivity index (χ2n) is 4.84. The van der Waals surface area contributed by atoms with Gasteiger partial charge in [-0.15, -0.1) is 11.6 Å². The zero-order valence-electron chi connectivity index (χ0n) is 9.87. The third kappa shape index (κ3) is 4.64. The molecule has 0 N–H and O–H groups in total. The number of hydrogen-bond acceptors (Lipinski definition) is 1. The molecule has 0 spiro atoms. The molecule has 0 aliphatic heterocycles. The standard InChI is InChI=1S/C14H18ClFO/c15-8-13(10-17-9-11-4-5-11)6-12-2-1-3-14(16)7-12/h1-3,7,11,13H,4-6,8-10H2. The highest BCUT2D eigenvalue weighted by Gasteiger charge is 2.21. The zero-order chi connectivity index (χ0) is 12.1. The van der Waals surface area contributed by atoms with Crippen molar-refractivity contribution in [3.63, 3.8) is 0 Å². The van der Waals surface area contributed by atoms with Crippen LogP contribution in [0.15, 0.2) is 24.3 Å². The summed E-state index contributed by atoms with van der Waals surface area (Å²) in [5.74, 6) is 1.42. The van der Waals surface area contributed by atoms with Crippen LogP contribution in [0, 0.1) is 17.7 Å². The smallest absolute Gasteiger partial charge is 0.123 e. The number of rotatable bonds is 7. The monoisotopic (exact) mass is 256 g/mol. The molecule has 1 aliphatic carbocycles. The van der Waals surface area contributed by atoms with E-state index in [9.17, 15) is 4.39 Å². The molecule has 0 bridgehead atoms. The van der Waals surface area contributed by atoms with Crippen LogP contribution in [0.4, 0.5) is 4.39 Å². The Labute approximate surface area is 107 Å². The van der Waals surface area contributed by atoms with Crippen LogP contribution in [-0.4, -0.2) is 19.1 Å². The van der Waals surface area contributed by atoms with Crippen molar-refractivity contribution in [3.8, 4) is 0 Å². The van der Waals surface area contributed by atoms with Crippen molar-refractivity contribution in [1.82, 2.24) is 0 Å². The van der Waals surface area contributed by atoms with Gasteiger partial charge in [0.25, 0.3) is 0 Å². The Morgan fingerprint density at radius 3 is 2.88 bits per heavy atom. The molecule has 0 heterocycles. The molecule has 1 aromatic rings. The minimum atomic E-state index is -0.185. The lowest BCUT2D eigenvalue weighted by Crippen LogP contribution is -2.15. The van der Waals surface area contributed by atoms with E-state index < -0.39 is 0 Å². The maximum absolute atomic E-state index is 13.0. The minimum Gasteiger partial charge on any atom is -0.381 e. The van der Waals surface area contributed by atoms with E-state index in [1.165, 1.54) is 18.9 Å². The predicted molar refractivity (Wildman–Crippen MR) is 67.9 cm³/mol. The van der Waals surface area contributed by atoms with Crippen LogP contribution in [0.25, 0.3) is 0 Å². The SMILES string of the molecule is Fc1cccc(CC(CCl)COCC2CC2)c1. The molecule has 1 fully saturated rings. The van der Waals surface area contributed by atoms with Gasteiger partial charge in [-0.25, -0.2) is 4.39 Å². The molecule has 1 aliphatic rings. The van der Waals surface area contributed by atoms with Crippen molar-refractivity contribution >= 4 is 11.6 Å². The summed E-state index contributed by atoms with van der Waals surface area (Å²) in [6.45, 7) is 1.53. The van der Waals surface area contributed by atoms with Gasteiger partial charge < -0.3 is 4.74 Å². The maximum atomic E-state index is 13.0. The van der Waals surface area contributed by atoms with Crippen LogP contribution >= 0.6 is 11.6 Å². The Morgan fingerprint density at radius 2 is 2.24 bits per heavy atom. The highest BCUT2D eigenvalue weighted by Crippen LogP contribution is 2.29.